The predicted octanol–water partition coefficient (Wildman–Crippen LogP) is 3.49. The van der Waals surface area contributed by atoms with Crippen LogP contribution in [0.15, 0.2) is 58.7 Å². The van der Waals surface area contributed by atoms with Crippen molar-refractivity contribution in [2.45, 2.75) is 6.61 Å². The summed E-state index contributed by atoms with van der Waals surface area (Å²) in [6.45, 7) is -0.0767. The number of carbonyl (C=O) groups is 1. The van der Waals surface area contributed by atoms with E-state index in [-0.39, 0.29) is 12.2 Å². The fourth-order valence-corrected chi connectivity index (χ4v) is 3.25. The molecule has 0 bridgehead atoms. The molecule has 5 nitrogen and oxygen atoms in total. The van der Waals surface area contributed by atoms with Gasteiger partial charge in [0.2, 0.25) is 0 Å². The van der Waals surface area contributed by atoms with Gasteiger partial charge in [-0.1, -0.05) is 30.3 Å². The maximum Gasteiger partial charge on any atom is 0.338 e. The van der Waals surface area contributed by atoms with Crippen molar-refractivity contribution in [2.75, 3.05) is 0 Å². The minimum atomic E-state index is -0.450. The van der Waals surface area contributed by atoms with Gasteiger partial charge >= 0.3 is 5.97 Å². The van der Waals surface area contributed by atoms with E-state index in [2.05, 4.69) is 9.97 Å². The van der Waals surface area contributed by atoms with E-state index < -0.39 is 5.97 Å². The first-order valence-electron chi connectivity index (χ1n) is 7.33. The van der Waals surface area contributed by atoms with Gasteiger partial charge in [0.25, 0.3) is 5.56 Å². The number of aromatic nitrogens is 2. The molecule has 0 atom stereocenters. The molecule has 24 heavy (non-hydrogen) atoms. The number of thiophene rings is 1. The highest BCUT2D eigenvalue weighted by atomic mass is 32.1. The molecule has 2 heterocycles. The van der Waals surface area contributed by atoms with E-state index in [0.29, 0.717) is 21.6 Å². The molecule has 2 aromatic heterocycles. The molecule has 1 N–H and O–H groups in total. The molecule has 0 amide bonds. The van der Waals surface area contributed by atoms with Crippen LogP contribution in [-0.2, 0) is 11.3 Å². The summed E-state index contributed by atoms with van der Waals surface area (Å²) in [5.74, 6) is -0.117. The molecule has 2 aromatic carbocycles. The van der Waals surface area contributed by atoms with Crippen LogP contribution in [0.4, 0.5) is 0 Å². The molecule has 6 heteroatoms. The number of rotatable bonds is 3. The SMILES string of the molecule is O=C(OCc1nc2ccsc2c(=O)[nH]1)c1ccc2ccccc2c1. The lowest BCUT2D eigenvalue weighted by Crippen LogP contribution is -2.13. The van der Waals surface area contributed by atoms with Crippen molar-refractivity contribution >= 4 is 38.3 Å². The number of carbonyl (C=O) groups excluding carboxylic acids is 1. The van der Waals surface area contributed by atoms with Crippen molar-refractivity contribution in [2.24, 2.45) is 0 Å². The van der Waals surface area contributed by atoms with Gasteiger partial charge < -0.3 is 9.72 Å². The van der Waals surface area contributed by atoms with Crippen molar-refractivity contribution in [3.8, 4) is 0 Å². The Labute approximate surface area is 140 Å². The normalized spacial score (nSPS) is 11.0. The molecule has 0 aliphatic carbocycles. The second-order valence-corrected chi connectivity index (χ2v) is 6.20. The standard InChI is InChI=1S/C18H12N2O3S/c21-17-16-14(7-8-24-16)19-15(20-17)10-23-18(22)13-6-5-11-3-1-2-4-12(11)9-13/h1-9H,10H2,(H,19,20,21). The Morgan fingerprint density at radius 1 is 1.12 bits per heavy atom. The first kappa shape index (κ1) is 14.6. The molecular formula is C18H12N2O3S. The Morgan fingerprint density at radius 2 is 1.96 bits per heavy atom. The molecule has 0 radical (unpaired) electrons. The highest BCUT2D eigenvalue weighted by molar-refractivity contribution is 7.17. The third-order valence-corrected chi connectivity index (χ3v) is 4.59. The molecule has 0 saturated heterocycles. The second kappa shape index (κ2) is 5.90. The Balaban J connectivity index is 1.55. The van der Waals surface area contributed by atoms with Crippen molar-refractivity contribution in [3.63, 3.8) is 0 Å². The third-order valence-electron chi connectivity index (χ3n) is 3.69. The Morgan fingerprint density at radius 3 is 2.83 bits per heavy atom. The molecule has 4 rings (SSSR count). The number of nitrogens with zero attached hydrogens (tertiary/aromatic N) is 1. The van der Waals surface area contributed by atoms with Crippen LogP contribution in [0.1, 0.15) is 16.2 Å². The smallest absolute Gasteiger partial charge is 0.338 e. The first-order valence-corrected chi connectivity index (χ1v) is 8.21. The van der Waals surface area contributed by atoms with Gasteiger partial charge in [-0.2, -0.15) is 0 Å². The van der Waals surface area contributed by atoms with Crippen molar-refractivity contribution in [3.05, 3.63) is 75.7 Å². The van der Waals surface area contributed by atoms with Gasteiger partial charge in [0.1, 0.15) is 17.1 Å². The minimum Gasteiger partial charge on any atom is -0.454 e. The van der Waals surface area contributed by atoms with Crippen LogP contribution in [0, 0.1) is 0 Å². The zero-order valence-corrected chi connectivity index (χ0v) is 13.3. The van der Waals surface area contributed by atoms with Crippen molar-refractivity contribution in [1.82, 2.24) is 9.97 Å². The largest absolute Gasteiger partial charge is 0.454 e. The molecule has 0 aliphatic heterocycles. The number of hydrogen-bond acceptors (Lipinski definition) is 5. The summed E-state index contributed by atoms with van der Waals surface area (Å²) < 4.78 is 5.84. The summed E-state index contributed by atoms with van der Waals surface area (Å²) in [5, 5.41) is 3.83. The lowest BCUT2D eigenvalue weighted by molar-refractivity contribution is 0.0462. The van der Waals surface area contributed by atoms with Gasteiger partial charge in [0, 0.05) is 0 Å². The highest BCUT2D eigenvalue weighted by Gasteiger charge is 2.10. The number of aromatic amines is 1. The summed E-state index contributed by atoms with van der Waals surface area (Å²) in [6.07, 6.45) is 0. The van der Waals surface area contributed by atoms with Gasteiger partial charge in [-0.3, -0.25) is 4.79 Å². The molecule has 118 valence electrons. The minimum absolute atomic E-state index is 0.0767. The number of esters is 1. The Hall–Kier alpha value is -2.99. The molecule has 0 aliphatic rings. The number of H-pyrrole nitrogens is 1. The number of fused-ring (bicyclic) bond motifs is 2. The fraction of sp³-hybridized carbons (Fsp3) is 0.0556. The number of benzene rings is 2. The molecule has 0 saturated carbocycles. The van der Waals surface area contributed by atoms with Crippen LogP contribution in [0.25, 0.3) is 21.0 Å². The summed E-state index contributed by atoms with van der Waals surface area (Å²) in [7, 11) is 0. The average Bonchev–Trinajstić information content (AvgIpc) is 3.08. The molecular weight excluding hydrogens is 324 g/mol. The lowest BCUT2D eigenvalue weighted by atomic mass is 10.1. The maximum atomic E-state index is 12.2. The van der Waals surface area contributed by atoms with Gasteiger partial charge in [-0.05, 0) is 34.4 Å². The molecule has 0 unspecified atom stereocenters. The van der Waals surface area contributed by atoms with E-state index in [4.69, 9.17) is 4.74 Å². The van der Waals surface area contributed by atoms with E-state index in [9.17, 15) is 9.59 Å². The van der Waals surface area contributed by atoms with Crippen LogP contribution < -0.4 is 5.56 Å². The number of hydrogen-bond donors (Lipinski definition) is 1. The zero-order chi connectivity index (χ0) is 16.5. The van der Waals surface area contributed by atoms with E-state index in [1.165, 1.54) is 11.3 Å². The van der Waals surface area contributed by atoms with E-state index in [0.717, 1.165) is 10.8 Å². The monoisotopic (exact) mass is 336 g/mol. The van der Waals surface area contributed by atoms with E-state index >= 15 is 0 Å². The summed E-state index contributed by atoms with van der Waals surface area (Å²) in [6, 6.07) is 14.9. The first-order chi connectivity index (χ1) is 11.7. The summed E-state index contributed by atoms with van der Waals surface area (Å²) in [4.78, 5) is 31.0. The maximum absolute atomic E-state index is 12.2. The van der Waals surface area contributed by atoms with Gasteiger partial charge in [0.15, 0.2) is 0 Å². The van der Waals surface area contributed by atoms with Crippen molar-refractivity contribution in [1.29, 1.82) is 0 Å². The number of nitrogens with one attached hydrogen (secondary N) is 1. The van der Waals surface area contributed by atoms with Crippen LogP contribution >= 0.6 is 11.3 Å². The van der Waals surface area contributed by atoms with E-state index in [1.807, 2.05) is 30.3 Å². The number of ether oxygens (including phenoxy) is 1. The third kappa shape index (κ3) is 2.68. The predicted molar refractivity (Wildman–Crippen MR) is 93.3 cm³/mol. The Kier molecular flexibility index (Phi) is 3.59. The van der Waals surface area contributed by atoms with Crippen LogP contribution in [0.5, 0.6) is 0 Å². The molecule has 0 fully saturated rings. The van der Waals surface area contributed by atoms with Gasteiger partial charge in [-0.25, -0.2) is 9.78 Å². The highest BCUT2D eigenvalue weighted by Crippen LogP contribution is 2.17. The summed E-state index contributed by atoms with van der Waals surface area (Å²) in [5.41, 5.74) is 0.861. The average molecular weight is 336 g/mol. The Bertz CT molecular complexity index is 1110. The summed E-state index contributed by atoms with van der Waals surface area (Å²) >= 11 is 1.33. The van der Waals surface area contributed by atoms with Gasteiger partial charge in [-0.15, -0.1) is 11.3 Å². The molecule has 0 spiro atoms. The zero-order valence-electron chi connectivity index (χ0n) is 12.5. The van der Waals surface area contributed by atoms with Gasteiger partial charge in [0.05, 0.1) is 11.1 Å². The quantitative estimate of drug-likeness (QED) is 0.581. The van der Waals surface area contributed by atoms with Crippen LogP contribution in [0.2, 0.25) is 0 Å². The molecule has 4 aromatic rings. The van der Waals surface area contributed by atoms with Crippen LogP contribution in [0.3, 0.4) is 0 Å². The van der Waals surface area contributed by atoms with Crippen LogP contribution in [-0.4, -0.2) is 15.9 Å². The lowest BCUT2D eigenvalue weighted by Gasteiger charge is -2.06. The van der Waals surface area contributed by atoms with E-state index in [1.54, 1.807) is 23.6 Å². The topological polar surface area (TPSA) is 72.0 Å². The fourth-order valence-electron chi connectivity index (χ4n) is 2.52. The van der Waals surface area contributed by atoms with Crippen molar-refractivity contribution < 1.29 is 9.53 Å². The second-order valence-electron chi connectivity index (χ2n) is 5.29.